The minimum Gasteiger partial charge on any atom is -0.496 e. The number of hydrogen-bond acceptors (Lipinski definition) is 3. The van der Waals surface area contributed by atoms with Gasteiger partial charge < -0.3 is 14.6 Å². The summed E-state index contributed by atoms with van der Waals surface area (Å²) in [6.07, 6.45) is -0.643. The van der Waals surface area contributed by atoms with Crippen molar-refractivity contribution in [2.75, 3.05) is 13.7 Å². The molecule has 2 rings (SSSR count). The fourth-order valence-corrected chi connectivity index (χ4v) is 2.18. The quantitative estimate of drug-likeness (QED) is 0.905. The average molecular weight is 272 g/mol. The maximum atomic E-state index is 10.4. The van der Waals surface area contributed by atoms with Crippen LogP contribution in [0.2, 0.25) is 0 Å². The van der Waals surface area contributed by atoms with Crippen LogP contribution in [0.4, 0.5) is 0 Å². The van der Waals surface area contributed by atoms with Crippen molar-refractivity contribution in [3.63, 3.8) is 0 Å². The summed E-state index contributed by atoms with van der Waals surface area (Å²) in [6, 6.07) is 13.2. The minimum atomic E-state index is -0.643. The number of aryl methyl sites for hydroxylation is 1. The number of ether oxygens (including phenoxy) is 2. The largest absolute Gasteiger partial charge is 0.496 e. The second kappa shape index (κ2) is 6.44. The summed E-state index contributed by atoms with van der Waals surface area (Å²) in [5.74, 6) is 1.64. The highest BCUT2D eigenvalue weighted by atomic mass is 16.5. The summed E-state index contributed by atoms with van der Waals surface area (Å²) in [5, 5.41) is 10.4. The van der Waals surface area contributed by atoms with E-state index in [1.165, 1.54) is 0 Å². The van der Waals surface area contributed by atoms with Gasteiger partial charge in [0.1, 0.15) is 17.6 Å². The topological polar surface area (TPSA) is 38.7 Å². The van der Waals surface area contributed by atoms with Gasteiger partial charge in [-0.3, -0.25) is 0 Å². The number of aliphatic hydroxyl groups is 1. The summed E-state index contributed by atoms with van der Waals surface area (Å²) in [7, 11) is 1.64. The molecule has 0 saturated carbocycles. The zero-order chi connectivity index (χ0) is 14.5. The molecule has 3 nitrogen and oxygen atoms in total. The third kappa shape index (κ3) is 3.11. The zero-order valence-corrected chi connectivity index (χ0v) is 12.1. The second-order valence-corrected chi connectivity index (χ2v) is 4.63. The lowest BCUT2D eigenvalue weighted by atomic mass is 9.99. The fourth-order valence-electron chi connectivity index (χ4n) is 2.18. The van der Waals surface area contributed by atoms with Crippen molar-refractivity contribution < 1.29 is 14.6 Å². The first kappa shape index (κ1) is 14.4. The van der Waals surface area contributed by atoms with Crippen molar-refractivity contribution in [3.05, 3.63) is 59.2 Å². The first-order valence-corrected chi connectivity index (χ1v) is 6.71. The van der Waals surface area contributed by atoms with Gasteiger partial charge in [0.25, 0.3) is 0 Å². The molecule has 2 aromatic rings. The van der Waals surface area contributed by atoms with Gasteiger partial charge in [-0.05, 0) is 54.8 Å². The Bertz CT molecular complexity index is 561. The first-order chi connectivity index (χ1) is 9.65. The molecule has 0 aliphatic heterocycles. The number of rotatable bonds is 5. The van der Waals surface area contributed by atoms with Gasteiger partial charge >= 0.3 is 0 Å². The molecule has 1 atom stereocenters. The van der Waals surface area contributed by atoms with Crippen LogP contribution in [0.5, 0.6) is 11.5 Å². The molecule has 0 amide bonds. The van der Waals surface area contributed by atoms with Gasteiger partial charge in [-0.25, -0.2) is 0 Å². The van der Waals surface area contributed by atoms with Crippen molar-refractivity contribution in [1.82, 2.24) is 0 Å². The van der Waals surface area contributed by atoms with Gasteiger partial charge in [-0.1, -0.05) is 18.2 Å². The predicted molar refractivity (Wildman–Crippen MR) is 79.4 cm³/mol. The summed E-state index contributed by atoms with van der Waals surface area (Å²) < 4.78 is 10.6. The Morgan fingerprint density at radius 3 is 2.25 bits per heavy atom. The van der Waals surface area contributed by atoms with Crippen molar-refractivity contribution in [2.24, 2.45) is 0 Å². The highest BCUT2D eigenvalue weighted by Crippen LogP contribution is 2.27. The Labute approximate surface area is 119 Å². The van der Waals surface area contributed by atoms with Crippen molar-refractivity contribution in [1.29, 1.82) is 0 Å². The predicted octanol–water partition coefficient (Wildman–Crippen LogP) is 3.48. The lowest BCUT2D eigenvalue weighted by molar-refractivity contribution is 0.220. The maximum absolute atomic E-state index is 10.4. The molecule has 0 saturated heterocycles. The van der Waals surface area contributed by atoms with Crippen LogP contribution in [0.1, 0.15) is 29.7 Å². The van der Waals surface area contributed by atoms with Crippen LogP contribution in [-0.4, -0.2) is 18.8 Å². The van der Waals surface area contributed by atoms with Crippen LogP contribution in [0.25, 0.3) is 0 Å². The summed E-state index contributed by atoms with van der Waals surface area (Å²) in [5.41, 5.74) is 2.71. The van der Waals surface area contributed by atoms with Gasteiger partial charge in [0.05, 0.1) is 13.7 Å². The molecule has 3 heteroatoms. The Morgan fingerprint density at radius 2 is 1.70 bits per heavy atom. The Balaban J connectivity index is 2.21. The lowest BCUT2D eigenvalue weighted by Crippen LogP contribution is -2.01. The van der Waals surface area contributed by atoms with E-state index in [-0.39, 0.29) is 0 Å². The van der Waals surface area contributed by atoms with E-state index in [0.29, 0.717) is 6.61 Å². The van der Waals surface area contributed by atoms with Crippen LogP contribution in [0.3, 0.4) is 0 Å². The van der Waals surface area contributed by atoms with Gasteiger partial charge in [-0.2, -0.15) is 0 Å². The summed E-state index contributed by atoms with van der Waals surface area (Å²) in [6.45, 7) is 4.55. The Kier molecular flexibility index (Phi) is 4.64. The molecule has 1 unspecified atom stereocenters. The van der Waals surface area contributed by atoms with Crippen LogP contribution < -0.4 is 9.47 Å². The van der Waals surface area contributed by atoms with Gasteiger partial charge in [0, 0.05) is 0 Å². The molecule has 0 spiro atoms. The molecular formula is C17H20O3. The first-order valence-electron chi connectivity index (χ1n) is 6.71. The van der Waals surface area contributed by atoms with E-state index in [1.54, 1.807) is 7.11 Å². The number of methoxy groups -OCH3 is 1. The van der Waals surface area contributed by atoms with E-state index in [4.69, 9.17) is 9.47 Å². The molecule has 0 heterocycles. The van der Waals surface area contributed by atoms with E-state index in [0.717, 1.165) is 28.2 Å². The summed E-state index contributed by atoms with van der Waals surface area (Å²) in [4.78, 5) is 0. The third-order valence-corrected chi connectivity index (χ3v) is 3.24. The van der Waals surface area contributed by atoms with E-state index in [1.807, 2.05) is 56.3 Å². The normalized spacial score (nSPS) is 12.0. The van der Waals surface area contributed by atoms with Crippen LogP contribution in [0, 0.1) is 6.92 Å². The standard InChI is InChI=1S/C17H20O3/c1-4-20-15-8-5-13(6-9-15)17(18)14-7-10-16(19-3)12(2)11-14/h5-11,17-18H,4H2,1-3H3. The molecule has 0 radical (unpaired) electrons. The Morgan fingerprint density at radius 1 is 1.05 bits per heavy atom. The average Bonchev–Trinajstić information content (AvgIpc) is 2.47. The van der Waals surface area contributed by atoms with E-state index in [9.17, 15) is 5.11 Å². The Hall–Kier alpha value is -2.00. The molecule has 106 valence electrons. The van der Waals surface area contributed by atoms with E-state index >= 15 is 0 Å². The molecule has 20 heavy (non-hydrogen) atoms. The molecule has 2 aromatic carbocycles. The fraction of sp³-hybridized carbons (Fsp3) is 0.294. The van der Waals surface area contributed by atoms with E-state index < -0.39 is 6.10 Å². The van der Waals surface area contributed by atoms with Crippen molar-refractivity contribution >= 4 is 0 Å². The molecular weight excluding hydrogens is 252 g/mol. The number of aliphatic hydroxyl groups excluding tert-OH is 1. The minimum absolute atomic E-state index is 0.638. The van der Waals surface area contributed by atoms with Gasteiger partial charge in [0.2, 0.25) is 0 Å². The molecule has 0 aromatic heterocycles. The van der Waals surface area contributed by atoms with Crippen LogP contribution in [-0.2, 0) is 0 Å². The zero-order valence-electron chi connectivity index (χ0n) is 12.1. The SMILES string of the molecule is CCOc1ccc(C(O)c2ccc(OC)c(C)c2)cc1. The maximum Gasteiger partial charge on any atom is 0.121 e. The highest BCUT2D eigenvalue weighted by Gasteiger charge is 2.12. The van der Waals surface area contributed by atoms with Gasteiger partial charge in [0.15, 0.2) is 0 Å². The molecule has 0 aliphatic carbocycles. The molecule has 0 aliphatic rings. The summed E-state index contributed by atoms with van der Waals surface area (Å²) >= 11 is 0. The third-order valence-electron chi connectivity index (χ3n) is 3.24. The smallest absolute Gasteiger partial charge is 0.121 e. The van der Waals surface area contributed by atoms with Crippen LogP contribution in [0.15, 0.2) is 42.5 Å². The number of benzene rings is 2. The molecule has 1 N–H and O–H groups in total. The highest BCUT2D eigenvalue weighted by molar-refractivity contribution is 5.40. The monoisotopic (exact) mass is 272 g/mol. The van der Waals surface area contributed by atoms with Crippen LogP contribution >= 0.6 is 0 Å². The lowest BCUT2D eigenvalue weighted by Gasteiger charge is -2.14. The van der Waals surface area contributed by atoms with Crippen molar-refractivity contribution in [2.45, 2.75) is 20.0 Å². The molecule has 0 bridgehead atoms. The van der Waals surface area contributed by atoms with Crippen molar-refractivity contribution in [3.8, 4) is 11.5 Å². The van der Waals surface area contributed by atoms with Gasteiger partial charge in [-0.15, -0.1) is 0 Å². The second-order valence-electron chi connectivity index (χ2n) is 4.63. The molecule has 0 fully saturated rings. The number of hydrogen-bond donors (Lipinski definition) is 1. The van der Waals surface area contributed by atoms with E-state index in [2.05, 4.69) is 0 Å².